The quantitative estimate of drug-likeness (QED) is 0.0122. The van der Waals surface area contributed by atoms with Crippen LogP contribution in [0, 0.1) is 5.92 Å². The Labute approximate surface area is 534 Å². The van der Waals surface area contributed by atoms with E-state index in [9.17, 15) is 28.7 Å². The van der Waals surface area contributed by atoms with Crippen LogP contribution < -0.4 is 30.5 Å². The van der Waals surface area contributed by atoms with Gasteiger partial charge in [0.25, 0.3) is 11.8 Å². The monoisotopic (exact) mass is 1310 g/mol. The largest absolute Gasteiger partial charge is 0.524 e. The molecule has 0 fully saturated rings. The van der Waals surface area contributed by atoms with Gasteiger partial charge in [-0.3, -0.25) is 24.2 Å². The second-order valence-corrected chi connectivity index (χ2v) is 25.2. The molecule has 25 heteroatoms. The molecule has 6 aromatic rings. The van der Waals surface area contributed by atoms with Crippen molar-refractivity contribution >= 4 is 93.2 Å². The summed E-state index contributed by atoms with van der Waals surface area (Å²) in [4.78, 5) is 73.7. The number of carbonyl (C=O) groups excluding carboxylic acids is 3. The Kier molecular flexibility index (Phi) is 26.8. The van der Waals surface area contributed by atoms with Gasteiger partial charge in [-0.15, -0.1) is 34.5 Å². The molecular formula is C64H83Cl2N6O15PS. The summed E-state index contributed by atoms with van der Waals surface area (Å²) in [6, 6.07) is 29.2. The third-order valence-corrected chi connectivity index (χ3v) is 17.7. The first-order valence-corrected chi connectivity index (χ1v) is 33.4. The van der Waals surface area contributed by atoms with E-state index in [0.717, 1.165) is 45.4 Å². The van der Waals surface area contributed by atoms with E-state index in [-0.39, 0.29) is 82.4 Å². The number of carbonyl (C=O) groups is 3. The fourth-order valence-corrected chi connectivity index (χ4v) is 12.8. The molecular weight excluding hydrogens is 1230 g/mol. The topological polar surface area (TPSA) is 257 Å². The highest BCUT2D eigenvalue weighted by Crippen LogP contribution is 2.50. The highest BCUT2D eigenvalue weighted by molar-refractivity contribution is 7.46. The Hall–Kier alpha value is -5.34. The molecule has 8 rings (SSSR count). The van der Waals surface area contributed by atoms with Crippen LogP contribution in [-0.2, 0) is 44.4 Å². The van der Waals surface area contributed by atoms with Crippen molar-refractivity contribution in [2.45, 2.75) is 57.1 Å². The first-order chi connectivity index (χ1) is 43.0. The lowest BCUT2D eigenvalue weighted by Crippen LogP contribution is -2.36. The number of fused-ring (bicyclic) bond motifs is 6. The predicted molar refractivity (Wildman–Crippen MR) is 346 cm³/mol. The van der Waals surface area contributed by atoms with Crippen LogP contribution >= 0.6 is 42.4 Å². The van der Waals surface area contributed by atoms with Crippen LogP contribution in [0.2, 0.25) is 0 Å². The molecule has 0 bridgehead atoms. The summed E-state index contributed by atoms with van der Waals surface area (Å²) in [5.41, 5.74) is 16.9. The maximum absolute atomic E-state index is 14.7. The smallest absolute Gasteiger partial charge is 0.409 e. The number of nitrogens with zero attached hydrogens (tertiary/aromatic N) is 4. The molecule has 0 radical (unpaired) electrons. The molecule has 3 amide bonds. The zero-order valence-corrected chi connectivity index (χ0v) is 54.2. The van der Waals surface area contributed by atoms with Crippen LogP contribution in [0.15, 0.2) is 97.1 Å². The maximum Gasteiger partial charge on any atom is 0.524 e. The molecule has 0 saturated heterocycles. The molecule has 0 spiro atoms. The van der Waals surface area contributed by atoms with E-state index in [0.29, 0.717) is 139 Å². The zero-order chi connectivity index (χ0) is 63.5. The summed E-state index contributed by atoms with van der Waals surface area (Å²) in [5.74, 6) is -0.185. The van der Waals surface area contributed by atoms with Crippen LogP contribution in [0.3, 0.4) is 0 Å². The number of hydrogen-bond donors (Lipinski definition) is 4. The zero-order valence-electron chi connectivity index (χ0n) is 50.9. The summed E-state index contributed by atoms with van der Waals surface area (Å²) in [6.45, 7) is 12.2. The van der Waals surface area contributed by atoms with Crippen molar-refractivity contribution in [2.75, 3.05) is 148 Å². The number of hydrogen-bond acceptors (Lipinski definition) is 17. The molecule has 4 atom stereocenters. The summed E-state index contributed by atoms with van der Waals surface area (Å²) in [6.07, 6.45) is 1.03. The standard InChI is InChI=1S/C64H83Cl2N6O15PS/c1-43(2)35-52(53(68)19-23-79-25-27-81-29-31-83-33-34-84-32-30-82-28-26-80-24-20-67)45-15-13-44(14-16-45)42-85-70(4)22-21-69(3)64(75)86-56-36-54-60(50-11-7-5-9-48(50)56)46(38-65)40-71(54)62(73)58-17-18-59(89-58)63(74)72-41-47(39-66)61-51-12-8-6-10-49(51)57(37-55(61)72)87-88(76,77)78/h5-18,36-37,43,46-47,52-53H,19-35,38-42,67-68H2,1-4H3,(H2,76,77,78)/t46-,47-,52?,53?/m1/s1. The molecule has 2 aliphatic rings. The number of alkyl halides is 2. The molecule has 6 N–H and O–H groups in total. The number of hydroxylamine groups is 2. The van der Waals surface area contributed by atoms with E-state index >= 15 is 0 Å². The number of anilines is 2. The third kappa shape index (κ3) is 19.1. The first kappa shape index (κ1) is 69.5. The Balaban J connectivity index is 0.799. The molecule has 0 saturated carbocycles. The van der Waals surface area contributed by atoms with Gasteiger partial charge in [0.1, 0.15) is 11.5 Å². The Morgan fingerprint density at radius 3 is 1.58 bits per heavy atom. The average Bonchev–Trinajstić information content (AvgIpc) is 1.73. The van der Waals surface area contributed by atoms with Crippen molar-refractivity contribution in [2.24, 2.45) is 17.4 Å². The van der Waals surface area contributed by atoms with Crippen LogP contribution in [0.25, 0.3) is 21.5 Å². The number of amides is 3. The van der Waals surface area contributed by atoms with E-state index in [1.165, 1.54) is 15.9 Å². The number of halogens is 2. The molecule has 1 aromatic heterocycles. The minimum Gasteiger partial charge on any atom is -0.409 e. The highest BCUT2D eigenvalue weighted by atomic mass is 35.5. The number of thiophene rings is 1. The van der Waals surface area contributed by atoms with Gasteiger partial charge in [-0.25, -0.2) is 9.36 Å². The van der Waals surface area contributed by atoms with E-state index in [2.05, 4.69) is 38.1 Å². The van der Waals surface area contributed by atoms with Crippen LogP contribution in [-0.4, -0.2) is 182 Å². The SMILES string of the molecule is CC(C)CC(c1ccc(CON(C)CCN(C)C(=O)Oc2cc3c(c4ccccc24)[C@H](CCl)CN3C(=O)c2ccc(C(=O)N3C[C@@H](CCl)c4c3cc(OP(=O)(O)O)c3ccccc43)s2)cc1)C(N)CCOCCOCCOCCOCCOCCOCCN. The fourth-order valence-electron chi connectivity index (χ4n) is 11.0. The minimum atomic E-state index is -4.97. The summed E-state index contributed by atoms with van der Waals surface area (Å²) in [5, 5.41) is 4.27. The van der Waals surface area contributed by atoms with Crippen molar-refractivity contribution in [3.63, 3.8) is 0 Å². The lowest BCUT2D eigenvalue weighted by molar-refractivity contribution is -0.151. The number of nitrogens with two attached hydrogens (primary N) is 2. The third-order valence-electron chi connectivity index (χ3n) is 15.4. The van der Waals surface area contributed by atoms with Crippen molar-refractivity contribution in [1.29, 1.82) is 0 Å². The number of benzene rings is 5. The predicted octanol–water partition coefficient (Wildman–Crippen LogP) is 9.89. The Morgan fingerprint density at radius 1 is 0.652 bits per heavy atom. The number of phosphoric acid groups is 1. The van der Waals surface area contributed by atoms with Gasteiger partial charge in [0.05, 0.1) is 100 Å². The molecule has 5 aromatic carbocycles. The molecule has 2 aliphatic heterocycles. The normalized spacial score (nSPS) is 15.6. The second kappa shape index (κ2) is 34.4. The molecule has 21 nitrogen and oxygen atoms in total. The maximum atomic E-state index is 14.7. The van der Waals surface area contributed by atoms with Crippen molar-refractivity contribution in [1.82, 2.24) is 9.96 Å². The van der Waals surface area contributed by atoms with Gasteiger partial charge in [-0.2, -0.15) is 5.06 Å². The minimum absolute atomic E-state index is 0.0783. The van der Waals surface area contributed by atoms with E-state index < -0.39 is 19.8 Å². The van der Waals surface area contributed by atoms with Gasteiger partial charge in [0.2, 0.25) is 0 Å². The number of ether oxygens (including phenoxy) is 7. The highest BCUT2D eigenvalue weighted by Gasteiger charge is 2.39. The molecule has 0 aliphatic carbocycles. The molecule has 89 heavy (non-hydrogen) atoms. The van der Waals surface area contributed by atoms with Gasteiger partial charge >= 0.3 is 13.9 Å². The lowest BCUT2D eigenvalue weighted by Gasteiger charge is -2.26. The first-order valence-electron chi connectivity index (χ1n) is 30.0. The Morgan fingerprint density at radius 2 is 1.11 bits per heavy atom. The van der Waals surface area contributed by atoms with Gasteiger partial charge in [-0.05, 0) is 69.8 Å². The fraction of sp³-hybridized carbons (Fsp3) is 0.484. The number of likely N-dealkylation sites (N-methyl/N-ethyl adjacent to an activating group) is 2. The van der Waals surface area contributed by atoms with Crippen LogP contribution in [0.5, 0.6) is 11.5 Å². The number of phosphoric ester groups is 1. The molecule has 3 heterocycles. The van der Waals surface area contributed by atoms with Gasteiger partial charge in [-0.1, -0.05) is 86.6 Å². The van der Waals surface area contributed by atoms with Gasteiger partial charge in [0, 0.05) is 106 Å². The summed E-state index contributed by atoms with van der Waals surface area (Å²) >= 11 is 14.1. The lowest BCUT2D eigenvalue weighted by atomic mass is 9.83. The summed E-state index contributed by atoms with van der Waals surface area (Å²) in [7, 11) is -1.52. The van der Waals surface area contributed by atoms with E-state index in [4.69, 9.17) is 77.2 Å². The van der Waals surface area contributed by atoms with Crippen molar-refractivity contribution in [3.05, 3.63) is 129 Å². The second-order valence-electron chi connectivity index (χ2n) is 22.3. The van der Waals surface area contributed by atoms with E-state index in [1.807, 2.05) is 31.3 Å². The van der Waals surface area contributed by atoms with Gasteiger partial charge < -0.3 is 63.8 Å². The van der Waals surface area contributed by atoms with Crippen LogP contribution in [0.4, 0.5) is 16.2 Å². The molecule has 2 unspecified atom stereocenters. The molecule has 484 valence electrons. The average molecular weight is 1310 g/mol. The van der Waals surface area contributed by atoms with Gasteiger partial charge in [0.15, 0.2) is 0 Å². The Bertz CT molecular complexity index is 3320. The van der Waals surface area contributed by atoms with Crippen molar-refractivity contribution in [3.8, 4) is 11.5 Å². The van der Waals surface area contributed by atoms with Crippen LogP contribution in [0.1, 0.15) is 86.0 Å². The summed E-state index contributed by atoms with van der Waals surface area (Å²) < 4.78 is 56.6. The number of rotatable bonds is 37. The van der Waals surface area contributed by atoms with Crippen molar-refractivity contribution < 1.29 is 71.3 Å². The van der Waals surface area contributed by atoms with E-state index in [1.54, 1.807) is 59.5 Å².